The third-order valence-corrected chi connectivity index (χ3v) is 7.82. The van der Waals surface area contributed by atoms with Gasteiger partial charge < -0.3 is 20.5 Å². The van der Waals surface area contributed by atoms with Crippen molar-refractivity contribution >= 4 is 23.6 Å². The maximum absolute atomic E-state index is 15.7. The first-order chi connectivity index (χ1) is 24.2. The highest BCUT2D eigenvalue weighted by Crippen LogP contribution is 2.41. The molecular weight excluding hydrogens is 623 g/mol. The average molecular weight is 685 g/mol. The molecule has 3 N–H and O–H groups in total. The van der Waals surface area contributed by atoms with Crippen LogP contribution in [0.4, 0.5) is 10.1 Å². The molecule has 0 radical (unpaired) electrons. The molecule has 6 heteroatoms. The van der Waals surface area contributed by atoms with Gasteiger partial charge in [0, 0.05) is 28.9 Å². The molecule has 1 heterocycles. The van der Waals surface area contributed by atoms with Crippen molar-refractivity contribution in [2.45, 2.75) is 101 Å². The van der Waals surface area contributed by atoms with Crippen LogP contribution in [-0.2, 0) is 12.8 Å². The van der Waals surface area contributed by atoms with E-state index in [2.05, 4.69) is 25.7 Å². The molecule has 0 saturated heterocycles. The number of benzene rings is 3. The molecule has 0 fully saturated rings. The number of carbonyl (C=O) groups excluding carboxylic acids is 1. The van der Waals surface area contributed by atoms with Gasteiger partial charge in [-0.25, -0.2) is 4.39 Å². The Kier molecular flexibility index (Phi) is 20.6. The van der Waals surface area contributed by atoms with Gasteiger partial charge in [0.15, 0.2) is 17.3 Å². The fourth-order valence-corrected chi connectivity index (χ4v) is 5.31. The summed E-state index contributed by atoms with van der Waals surface area (Å²) in [5.41, 5.74) is 11.2. The molecule has 2 bridgehead atoms. The van der Waals surface area contributed by atoms with E-state index in [9.17, 15) is 4.79 Å². The number of allylic oxidation sites excluding steroid dienone is 4. The summed E-state index contributed by atoms with van der Waals surface area (Å²) in [5.74, 6) is 0.628. The number of nitrogens with one attached hydrogen (secondary N) is 1. The molecule has 5 nitrogen and oxygen atoms in total. The molecular formula is C44H61FN2O3. The van der Waals surface area contributed by atoms with Crippen molar-refractivity contribution in [3.05, 3.63) is 118 Å². The summed E-state index contributed by atoms with van der Waals surface area (Å²) in [7, 11) is 1.62. The molecule has 0 unspecified atom stereocenters. The number of Topliss-reactive ketones (excluding diaryl/α,β-unsaturated/α-hetero) is 1. The SMILES string of the molecule is C=C(N)/C1=C/Cc2cc(/C=C\C)c(/C=C\C)cc2Oc2c(C)c(cc(F)c2NCCc2cccc(OC)c2)C1=O.CC.CC.CCCCCC. The van der Waals surface area contributed by atoms with Crippen molar-refractivity contribution in [2.24, 2.45) is 5.73 Å². The predicted octanol–water partition coefficient (Wildman–Crippen LogP) is 12.4. The van der Waals surface area contributed by atoms with Gasteiger partial charge in [-0.05, 0) is 86.2 Å². The van der Waals surface area contributed by atoms with E-state index >= 15 is 4.39 Å². The highest BCUT2D eigenvalue weighted by atomic mass is 19.1. The van der Waals surface area contributed by atoms with Gasteiger partial charge in [-0.2, -0.15) is 0 Å². The van der Waals surface area contributed by atoms with Gasteiger partial charge in [0.25, 0.3) is 0 Å². The van der Waals surface area contributed by atoms with Crippen LogP contribution in [0.3, 0.4) is 0 Å². The van der Waals surface area contributed by atoms with E-state index in [0.29, 0.717) is 30.7 Å². The first-order valence-corrected chi connectivity index (χ1v) is 18.2. The lowest BCUT2D eigenvalue weighted by Gasteiger charge is -2.22. The van der Waals surface area contributed by atoms with Crippen LogP contribution < -0.4 is 20.5 Å². The fourth-order valence-electron chi connectivity index (χ4n) is 5.31. The Morgan fingerprint density at radius 2 is 1.62 bits per heavy atom. The van der Waals surface area contributed by atoms with Crippen molar-refractivity contribution in [2.75, 3.05) is 19.0 Å². The zero-order valence-electron chi connectivity index (χ0n) is 32.3. The van der Waals surface area contributed by atoms with E-state index in [0.717, 1.165) is 28.0 Å². The quantitative estimate of drug-likeness (QED) is 0.197. The van der Waals surface area contributed by atoms with Crippen molar-refractivity contribution < 1.29 is 18.7 Å². The monoisotopic (exact) mass is 684 g/mol. The van der Waals surface area contributed by atoms with Gasteiger partial charge in [0.05, 0.1) is 7.11 Å². The number of hydrogen-bond acceptors (Lipinski definition) is 5. The van der Waals surface area contributed by atoms with E-state index in [4.69, 9.17) is 15.2 Å². The normalized spacial score (nSPS) is 12.9. The number of ketones is 1. The number of ether oxygens (including phenoxy) is 2. The lowest BCUT2D eigenvalue weighted by Crippen LogP contribution is -2.16. The molecule has 0 aliphatic carbocycles. The largest absolute Gasteiger partial charge is 0.497 e. The van der Waals surface area contributed by atoms with E-state index in [1.54, 1.807) is 20.1 Å². The number of unbranched alkanes of at least 4 members (excludes halogenated alkanes) is 3. The Labute approximate surface area is 302 Å². The second-order valence-electron chi connectivity index (χ2n) is 11.3. The van der Waals surface area contributed by atoms with Crippen LogP contribution in [0.25, 0.3) is 12.2 Å². The van der Waals surface area contributed by atoms with Crippen LogP contribution in [0.2, 0.25) is 0 Å². The number of anilines is 1. The molecule has 272 valence electrons. The first-order valence-electron chi connectivity index (χ1n) is 18.2. The summed E-state index contributed by atoms with van der Waals surface area (Å²) in [6.45, 7) is 22.4. The molecule has 1 aliphatic heterocycles. The Hall–Kier alpha value is -4.58. The van der Waals surface area contributed by atoms with Crippen LogP contribution in [0.15, 0.2) is 78.5 Å². The number of methoxy groups -OCH3 is 1. The second-order valence-corrected chi connectivity index (χ2v) is 11.3. The van der Waals surface area contributed by atoms with Crippen LogP contribution in [0, 0.1) is 12.7 Å². The number of nitrogens with two attached hydrogens (primary N) is 1. The standard InChI is InChI=1S/C34H35FN2O3.C6H14.2C2H6/c1-6-9-24-18-26-13-14-28(22(4)36)33(38)29-20-30(35)32(37-16-15-23-11-8-12-27(17-23)39-5)34(21(29)3)40-31(26)19-25(24)10-7-2;1-3-5-6-4-2;2*1-2/h6-12,14,17-20,37H,4,13,15-16,36H2,1-3,5H3;3-6H2,1-2H3;2*1-2H3/b9-6-,10-7-,28-14-;;;. The summed E-state index contributed by atoms with van der Waals surface area (Å²) in [6.07, 6.45) is 16.2. The maximum Gasteiger partial charge on any atom is 0.195 e. The summed E-state index contributed by atoms with van der Waals surface area (Å²) in [4.78, 5) is 13.5. The summed E-state index contributed by atoms with van der Waals surface area (Å²) in [6, 6.07) is 13.0. The molecule has 0 amide bonds. The molecule has 0 saturated carbocycles. The van der Waals surface area contributed by atoms with Gasteiger partial charge in [-0.1, -0.05) is 116 Å². The summed E-state index contributed by atoms with van der Waals surface area (Å²) in [5, 5.41) is 3.22. The van der Waals surface area contributed by atoms with Gasteiger partial charge >= 0.3 is 0 Å². The van der Waals surface area contributed by atoms with E-state index in [-0.39, 0.29) is 34.1 Å². The third-order valence-electron chi connectivity index (χ3n) is 7.82. The van der Waals surface area contributed by atoms with E-state index in [1.807, 2.05) is 102 Å². The Balaban J connectivity index is 0.00000111. The molecule has 3 aromatic carbocycles. The van der Waals surface area contributed by atoms with Crippen LogP contribution in [0.5, 0.6) is 17.2 Å². The Bertz CT molecular complexity index is 1610. The van der Waals surface area contributed by atoms with Gasteiger partial charge in [-0.15, -0.1) is 0 Å². The number of carbonyl (C=O) groups is 1. The van der Waals surface area contributed by atoms with Crippen molar-refractivity contribution in [1.82, 2.24) is 0 Å². The zero-order valence-corrected chi connectivity index (χ0v) is 32.3. The van der Waals surface area contributed by atoms with Crippen LogP contribution in [-0.4, -0.2) is 19.4 Å². The topological polar surface area (TPSA) is 73.6 Å². The minimum absolute atomic E-state index is 0.133. The van der Waals surface area contributed by atoms with E-state index < -0.39 is 5.82 Å². The lowest BCUT2D eigenvalue weighted by molar-refractivity contribution is 0.103. The van der Waals surface area contributed by atoms with Gasteiger partial charge in [0.2, 0.25) is 0 Å². The Morgan fingerprint density at radius 3 is 2.18 bits per heavy atom. The minimum Gasteiger partial charge on any atom is -0.497 e. The number of halogens is 1. The molecule has 0 atom stereocenters. The fraction of sp³-hybridized carbons (Fsp3) is 0.386. The highest BCUT2D eigenvalue weighted by Gasteiger charge is 2.26. The maximum atomic E-state index is 15.7. The van der Waals surface area contributed by atoms with Crippen molar-refractivity contribution in [3.8, 4) is 17.2 Å². The molecule has 4 rings (SSSR count). The third kappa shape index (κ3) is 12.4. The Morgan fingerprint density at radius 1 is 1.00 bits per heavy atom. The van der Waals surface area contributed by atoms with Crippen molar-refractivity contribution in [1.29, 1.82) is 0 Å². The van der Waals surface area contributed by atoms with Crippen LogP contribution in [0.1, 0.15) is 119 Å². The lowest BCUT2D eigenvalue weighted by atomic mass is 9.92. The van der Waals surface area contributed by atoms with Crippen LogP contribution >= 0.6 is 0 Å². The zero-order chi connectivity index (χ0) is 37.6. The summed E-state index contributed by atoms with van der Waals surface area (Å²) >= 11 is 0. The average Bonchev–Trinajstić information content (AvgIpc) is 3.13. The number of hydrogen-bond donors (Lipinski definition) is 2. The molecule has 1 aliphatic rings. The molecule has 3 aromatic rings. The van der Waals surface area contributed by atoms with Crippen molar-refractivity contribution in [3.63, 3.8) is 0 Å². The van der Waals surface area contributed by atoms with Gasteiger partial charge in [-0.3, -0.25) is 4.79 Å². The molecule has 0 spiro atoms. The second kappa shape index (κ2) is 23.7. The summed E-state index contributed by atoms with van der Waals surface area (Å²) < 4.78 is 27.6. The van der Waals surface area contributed by atoms with E-state index in [1.165, 1.54) is 31.7 Å². The number of fused-ring (bicyclic) bond motifs is 3. The predicted molar refractivity (Wildman–Crippen MR) is 214 cm³/mol. The highest BCUT2D eigenvalue weighted by molar-refractivity contribution is 6.13. The molecule has 50 heavy (non-hydrogen) atoms. The minimum atomic E-state index is -0.585. The first kappa shape index (κ1) is 43.4. The smallest absolute Gasteiger partial charge is 0.195 e. The van der Waals surface area contributed by atoms with Gasteiger partial charge in [0.1, 0.15) is 17.2 Å². The number of rotatable bonds is 11. The molecule has 0 aromatic heterocycles.